The molecule has 138 valence electrons. The van der Waals surface area contributed by atoms with Crippen molar-refractivity contribution < 1.29 is 14.7 Å². The average Bonchev–Trinajstić information content (AvgIpc) is 3.26. The summed E-state index contributed by atoms with van der Waals surface area (Å²) in [4.78, 5) is 29.6. The molecule has 1 fully saturated rings. The molecule has 26 heavy (non-hydrogen) atoms. The van der Waals surface area contributed by atoms with Crippen LogP contribution in [0.5, 0.6) is 0 Å². The second-order valence-corrected chi connectivity index (χ2v) is 7.81. The molecule has 1 N–H and O–H groups in total. The van der Waals surface area contributed by atoms with Crippen LogP contribution in [0.25, 0.3) is 0 Å². The van der Waals surface area contributed by atoms with Crippen LogP contribution in [-0.4, -0.2) is 45.6 Å². The summed E-state index contributed by atoms with van der Waals surface area (Å²) in [6.07, 6.45) is 10.4. The third-order valence-electron chi connectivity index (χ3n) is 4.90. The summed E-state index contributed by atoms with van der Waals surface area (Å²) < 4.78 is 0. The van der Waals surface area contributed by atoms with E-state index in [-0.39, 0.29) is 11.6 Å². The molecule has 7 nitrogen and oxygen atoms in total. The second kappa shape index (κ2) is 7.96. The molecule has 0 aromatic carbocycles. The van der Waals surface area contributed by atoms with E-state index in [1.54, 1.807) is 5.38 Å². The van der Waals surface area contributed by atoms with Crippen molar-refractivity contribution in [2.75, 3.05) is 13.1 Å². The van der Waals surface area contributed by atoms with Gasteiger partial charge in [0, 0.05) is 50.6 Å². The Labute approximate surface area is 156 Å². The Balaban J connectivity index is 1.47. The molecule has 2 aliphatic rings. The Bertz CT molecular complexity index is 746. The number of carboxylic acids is 1. The summed E-state index contributed by atoms with van der Waals surface area (Å²) in [6, 6.07) is 0. The average molecular weight is 374 g/mol. The van der Waals surface area contributed by atoms with Crippen molar-refractivity contribution in [2.24, 2.45) is 16.1 Å². The van der Waals surface area contributed by atoms with Crippen molar-refractivity contribution in [3.8, 4) is 12.3 Å². The minimum atomic E-state index is -0.998. The summed E-state index contributed by atoms with van der Waals surface area (Å²) in [5, 5.41) is 19.5. The standard InChI is InChI=1S/C18H22N4O3S/c1-2-3-7-18(20-21-18)8-6-16(23)22-9-4-5-13(11-22)10-15-19-14(12-26-15)17(24)25/h1,12-13H,3-11H2,(H,24,25). The summed E-state index contributed by atoms with van der Waals surface area (Å²) in [7, 11) is 0. The minimum Gasteiger partial charge on any atom is -0.476 e. The van der Waals surface area contributed by atoms with E-state index in [9.17, 15) is 9.59 Å². The Morgan fingerprint density at radius 2 is 2.23 bits per heavy atom. The fourth-order valence-electron chi connectivity index (χ4n) is 3.34. The molecule has 2 aliphatic heterocycles. The zero-order chi connectivity index (χ0) is 18.6. The zero-order valence-electron chi connectivity index (χ0n) is 14.6. The van der Waals surface area contributed by atoms with Crippen LogP contribution in [0.1, 0.15) is 54.0 Å². The molecule has 3 heterocycles. The molecule has 1 unspecified atom stereocenters. The van der Waals surface area contributed by atoms with Gasteiger partial charge in [-0.2, -0.15) is 10.2 Å². The van der Waals surface area contributed by atoms with Gasteiger partial charge in [0.15, 0.2) is 11.4 Å². The zero-order valence-corrected chi connectivity index (χ0v) is 15.4. The number of aromatic carboxylic acids is 1. The molecule has 0 spiro atoms. The number of aromatic nitrogens is 1. The van der Waals surface area contributed by atoms with Crippen LogP contribution in [0.4, 0.5) is 0 Å². The Kier molecular flexibility index (Phi) is 5.67. The number of amides is 1. The fraction of sp³-hybridized carbons (Fsp3) is 0.611. The highest BCUT2D eigenvalue weighted by Crippen LogP contribution is 2.38. The molecule has 0 bridgehead atoms. The molecule has 0 aliphatic carbocycles. The maximum Gasteiger partial charge on any atom is 0.355 e. The predicted octanol–water partition coefficient (Wildman–Crippen LogP) is 2.98. The van der Waals surface area contributed by atoms with Crippen molar-refractivity contribution in [3.05, 3.63) is 16.1 Å². The SMILES string of the molecule is C#CCCC1(CCC(=O)N2CCCC(Cc3nc(C(=O)O)cs3)C2)N=N1. The first-order chi connectivity index (χ1) is 12.5. The number of nitrogens with zero attached hydrogens (tertiary/aromatic N) is 4. The van der Waals surface area contributed by atoms with E-state index in [4.69, 9.17) is 11.5 Å². The predicted molar refractivity (Wildman–Crippen MR) is 97.0 cm³/mol. The lowest BCUT2D eigenvalue weighted by molar-refractivity contribution is -0.133. The monoisotopic (exact) mass is 374 g/mol. The number of likely N-dealkylation sites (tertiary alicyclic amines) is 1. The highest BCUT2D eigenvalue weighted by Gasteiger charge is 2.39. The van der Waals surface area contributed by atoms with Crippen LogP contribution in [-0.2, 0) is 11.2 Å². The molecule has 3 rings (SSSR count). The summed E-state index contributed by atoms with van der Waals surface area (Å²) in [5.74, 6) is 2.06. The van der Waals surface area contributed by atoms with Crippen LogP contribution in [0.15, 0.2) is 15.6 Å². The summed E-state index contributed by atoms with van der Waals surface area (Å²) >= 11 is 1.37. The van der Waals surface area contributed by atoms with Gasteiger partial charge in [-0.3, -0.25) is 4.79 Å². The molecule has 0 radical (unpaired) electrons. The van der Waals surface area contributed by atoms with Crippen molar-refractivity contribution in [2.45, 2.75) is 50.6 Å². The van der Waals surface area contributed by atoms with E-state index < -0.39 is 11.6 Å². The third kappa shape index (κ3) is 4.67. The van der Waals surface area contributed by atoms with Crippen LogP contribution in [0.2, 0.25) is 0 Å². The van der Waals surface area contributed by atoms with Crippen LogP contribution < -0.4 is 0 Å². The van der Waals surface area contributed by atoms with Crippen molar-refractivity contribution >= 4 is 23.2 Å². The number of piperidine rings is 1. The van der Waals surface area contributed by atoms with E-state index in [0.717, 1.165) is 37.2 Å². The van der Waals surface area contributed by atoms with Crippen LogP contribution >= 0.6 is 11.3 Å². The maximum absolute atomic E-state index is 12.5. The number of carbonyl (C=O) groups excluding carboxylic acids is 1. The minimum absolute atomic E-state index is 0.0999. The van der Waals surface area contributed by atoms with E-state index in [1.807, 2.05) is 4.90 Å². The molecule has 1 amide bonds. The topological polar surface area (TPSA) is 95.2 Å². The van der Waals surface area contributed by atoms with Crippen LogP contribution in [0.3, 0.4) is 0 Å². The number of terminal acetylenes is 1. The lowest BCUT2D eigenvalue weighted by atomic mass is 9.94. The normalized spacial score (nSPS) is 20.6. The maximum atomic E-state index is 12.5. The Hall–Kier alpha value is -2.27. The van der Waals surface area contributed by atoms with E-state index >= 15 is 0 Å². The number of carboxylic acid groups (broad SMARTS) is 1. The second-order valence-electron chi connectivity index (χ2n) is 6.87. The molecule has 8 heteroatoms. The largest absolute Gasteiger partial charge is 0.476 e. The van der Waals surface area contributed by atoms with Gasteiger partial charge in [-0.15, -0.1) is 23.7 Å². The van der Waals surface area contributed by atoms with Gasteiger partial charge in [0.25, 0.3) is 0 Å². The Morgan fingerprint density at radius 3 is 2.88 bits per heavy atom. The number of rotatable bonds is 8. The summed E-state index contributed by atoms with van der Waals surface area (Å²) in [6.45, 7) is 1.48. The molecule has 1 atom stereocenters. The van der Waals surface area contributed by atoms with E-state index in [1.165, 1.54) is 11.3 Å². The lowest BCUT2D eigenvalue weighted by Crippen LogP contribution is -2.40. The number of hydrogen-bond acceptors (Lipinski definition) is 6. The fourth-order valence-corrected chi connectivity index (χ4v) is 4.23. The van der Waals surface area contributed by atoms with Crippen molar-refractivity contribution in [3.63, 3.8) is 0 Å². The van der Waals surface area contributed by atoms with Gasteiger partial charge in [-0.25, -0.2) is 9.78 Å². The molecular weight excluding hydrogens is 352 g/mol. The van der Waals surface area contributed by atoms with E-state index in [0.29, 0.717) is 31.7 Å². The molecule has 0 saturated carbocycles. The van der Waals surface area contributed by atoms with Gasteiger partial charge >= 0.3 is 5.97 Å². The van der Waals surface area contributed by atoms with Crippen molar-refractivity contribution in [1.29, 1.82) is 0 Å². The van der Waals surface area contributed by atoms with Gasteiger partial charge in [0.05, 0.1) is 5.01 Å². The molecule has 1 saturated heterocycles. The first-order valence-electron chi connectivity index (χ1n) is 8.84. The van der Waals surface area contributed by atoms with E-state index in [2.05, 4.69) is 21.1 Å². The number of carbonyl (C=O) groups is 2. The quantitative estimate of drug-likeness (QED) is 0.708. The van der Waals surface area contributed by atoms with Gasteiger partial charge in [-0.1, -0.05) is 0 Å². The van der Waals surface area contributed by atoms with Gasteiger partial charge in [0.1, 0.15) is 0 Å². The highest BCUT2D eigenvalue weighted by molar-refractivity contribution is 7.09. The van der Waals surface area contributed by atoms with Gasteiger partial charge in [0.2, 0.25) is 5.91 Å². The number of thiazole rings is 1. The first-order valence-corrected chi connectivity index (χ1v) is 9.72. The van der Waals surface area contributed by atoms with Crippen LogP contribution in [0, 0.1) is 18.3 Å². The number of hydrogen-bond donors (Lipinski definition) is 1. The first kappa shape index (κ1) is 18.5. The van der Waals surface area contributed by atoms with Gasteiger partial charge < -0.3 is 10.0 Å². The third-order valence-corrected chi connectivity index (χ3v) is 5.77. The smallest absolute Gasteiger partial charge is 0.355 e. The van der Waals surface area contributed by atoms with Crippen molar-refractivity contribution in [1.82, 2.24) is 9.88 Å². The lowest BCUT2D eigenvalue weighted by Gasteiger charge is -2.32. The molecule has 1 aromatic rings. The highest BCUT2D eigenvalue weighted by atomic mass is 32.1. The molecular formula is C18H22N4O3S. The van der Waals surface area contributed by atoms with Gasteiger partial charge in [-0.05, 0) is 18.8 Å². The molecule has 1 aromatic heterocycles. The summed E-state index contributed by atoms with van der Waals surface area (Å²) in [5.41, 5.74) is -0.311. The Morgan fingerprint density at radius 1 is 1.42 bits per heavy atom.